The molecule has 1 unspecified atom stereocenters. The number of phenols is 1. The van der Waals surface area contributed by atoms with E-state index >= 15 is 0 Å². The predicted molar refractivity (Wildman–Crippen MR) is 127 cm³/mol. The fourth-order valence-corrected chi connectivity index (χ4v) is 4.85. The third kappa shape index (κ3) is 5.47. The lowest BCUT2D eigenvalue weighted by atomic mass is 9.83. The largest absolute Gasteiger partial charge is 0.504 e. The maximum absolute atomic E-state index is 12.8. The van der Waals surface area contributed by atoms with Gasteiger partial charge in [0.25, 0.3) is 0 Å². The Labute approximate surface area is 214 Å². The smallest absolute Gasteiger partial charge is 0.247 e. The van der Waals surface area contributed by atoms with Crippen molar-refractivity contribution in [3.8, 4) is 11.5 Å². The Morgan fingerprint density at radius 2 is 1.65 bits per heavy atom. The number of rotatable bonds is 5. The van der Waals surface area contributed by atoms with Crippen LogP contribution in [0.4, 0.5) is 0 Å². The molecule has 0 bridgehead atoms. The van der Waals surface area contributed by atoms with Gasteiger partial charge in [0.2, 0.25) is 12.2 Å². The maximum atomic E-state index is 12.8. The van der Waals surface area contributed by atoms with Crippen molar-refractivity contribution >= 4 is 12.0 Å². The Kier molecular flexibility index (Phi) is 7.84. The molecule has 1 aromatic rings. The minimum atomic E-state index is -1.47. The first-order valence-corrected chi connectivity index (χ1v) is 12.1. The Morgan fingerprint density at radius 1 is 1.00 bits per heavy atom. The molecule has 37 heavy (non-hydrogen) atoms. The average molecular weight is 526 g/mol. The molecule has 2 aliphatic heterocycles. The second-order valence-corrected chi connectivity index (χ2v) is 10.8. The first-order valence-electron chi connectivity index (χ1n) is 12.1. The maximum Gasteiger partial charge on any atom is 0.247 e. The molecular weight excluding hydrogens is 490 g/mol. The summed E-state index contributed by atoms with van der Waals surface area (Å²) in [6, 6.07) is 3.14. The first kappa shape index (κ1) is 27.7. The Morgan fingerprint density at radius 3 is 2.24 bits per heavy atom. The second-order valence-electron chi connectivity index (χ2n) is 10.8. The molecule has 206 valence electrons. The van der Waals surface area contributed by atoms with Gasteiger partial charge in [0.15, 0.2) is 11.5 Å². The van der Waals surface area contributed by atoms with Crippen LogP contribution in [-0.2, 0) is 19.0 Å². The molecule has 10 atom stereocenters. The van der Waals surface area contributed by atoms with E-state index in [0.717, 1.165) is 0 Å². The predicted octanol–water partition coefficient (Wildman–Crippen LogP) is -1.01. The highest BCUT2D eigenvalue weighted by molar-refractivity contribution is 5.97. The number of fused-ring (bicyclic) bond motifs is 1. The minimum Gasteiger partial charge on any atom is -0.504 e. The van der Waals surface area contributed by atoms with E-state index < -0.39 is 72.5 Å². The summed E-state index contributed by atoms with van der Waals surface area (Å²) >= 11 is 0. The lowest BCUT2D eigenvalue weighted by Crippen LogP contribution is -2.67. The number of hydrogen-bond acceptors (Lipinski definition) is 11. The van der Waals surface area contributed by atoms with Crippen LogP contribution in [0, 0.1) is 5.41 Å². The standard InChI is InChI=1S/C25H35NO11/c1-10(23(33)26-14-15(28)17(30)21-20(16(14)29)34-9-35-21)7-11-5-6-13(12(27)8-11)36-24-19(32)18(31)22(37-24)25(2,3)4/h5-8,14-22,24,27-32H,9H2,1-4H3,(H,26,33)/b10-7+/t14-,15+,16-,17-,18+,19+,20+,21-,22?,24-/m1/s1. The van der Waals surface area contributed by atoms with Crippen LogP contribution < -0.4 is 10.1 Å². The van der Waals surface area contributed by atoms with E-state index in [1.165, 1.54) is 25.1 Å². The number of benzene rings is 1. The van der Waals surface area contributed by atoms with Gasteiger partial charge < -0.3 is 54.9 Å². The number of aliphatic hydroxyl groups excluding tert-OH is 5. The van der Waals surface area contributed by atoms with Crippen LogP contribution >= 0.6 is 0 Å². The third-order valence-corrected chi connectivity index (χ3v) is 6.94. The zero-order chi connectivity index (χ0) is 27.2. The number of carbonyl (C=O) groups is 1. The zero-order valence-electron chi connectivity index (χ0n) is 21.0. The fraction of sp³-hybridized carbons (Fsp3) is 0.640. The Balaban J connectivity index is 1.41. The van der Waals surface area contributed by atoms with Gasteiger partial charge in [-0.15, -0.1) is 0 Å². The van der Waals surface area contributed by atoms with E-state index in [2.05, 4.69) is 5.32 Å². The molecule has 1 aromatic carbocycles. The summed E-state index contributed by atoms with van der Waals surface area (Å²) in [4.78, 5) is 12.8. The minimum absolute atomic E-state index is 0.0147. The molecule has 1 amide bonds. The van der Waals surface area contributed by atoms with Crippen LogP contribution in [0.15, 0.2) is 23.8 Å². The molecule has 0 aromatic heterocycles. The highest BCUT2D eigenvalue weighted by Crippen LogP contribution is 2.37. The van der Waals surface area contributed by atoms with Crippen molar-refractivity contribution in [1.82, 2.24) is 5.32 Å². The van der Waals surface area contributed by atoms with Crippen molar-refractivity contribution in [3.05, 3.63) is 29.3 Å². The van der Waals surface area contributed by atoms with E-state index in [1.807, 2.05) is 20.8 Å². The molecule has 7 N–H and O–H groups in total. The summed E-state index contributed by atoms with van der Waals surface area (Å²) in [7, 11) is 0. The van der Waals surface area contributed by atoms with Crippen molar-refractivity contribution in [1.29, 1.82) is 0 Å². The number of hydrogen-bond donors (Lipinski definition) is 7. The van der Waals surface area contributed by atoms with Gasteiger partial charge >= 0.3 is 0 Å². The molecule has 0 spiro atoms. The molecule has 12 heteroatoms. The third-order valence-electron chi connectivity index (χ3n) is 6.94. The molecule has 4 rings (SSSR count). The fourth-order valence-electron chi connectivity index (χ4n) is 4.85. The number of nitrogens with one attached hydrogen (secondary N) is 1. The van der Waals surface area contributed by atoms with Gasteiger partial charge in [-0.3, -0.25) is 4.79 Å². The van der Waals surface area contributed by atoms with Crippen molar-refractivity contribution in [2.45, 2.75) is 88.9 Å². The van der Waals surface area contributed by atoms with Gasteiger partial charge in [0.1, 0.15) is 49.5 Å². The molecule has 12 nitrogen and oxygen atoms in total. The van der Waals surface area contributed by atoms with E-state index in [9.17, 15) is 35.4 Å². The van der Waals surface area contributed by atoms with Crippen LogP contribution in [0.25, 0.3) is 6.08 Å². The zero-order valence-corrected chi connectivity index (χ0v) is 21.0. The number of ether oxygens (including phenoxy) is 4. The number of aromatic hydroxyl groups is 1. The van der Waals surface area contributed by atoms with Crippen LogP contribution in [0.3, 0.4) is 0 Å². The normalized spacial score (nSPS) is 38.4. The molecular formula is C25H35NO11. The number of phenolic OH excluding ortho intramolecular Hbond substituents is 1. The first-order chi connectivity index (χ1) is 17.3. The van der Waals surface area contributed by atoms with E-state index in [1.54, 1.807) is 6.07 Å². The van der Waals surface area contributed by atoms with Crippen molar-refractivity contribution < 1.29 is 54.4 Å². The molecule has 3 fully saturated rings. The van der Waals surface area contributed by atoms with Crippen LogP contribution in [-0.4, -0.2) is 105 Å². The summed E-state index contributed by atoms with van der Waals surface area (Å²) in [6.45, 7) is 6.95. The van der Waals surface area contributed by atoms with Crippen LogP contribution in [0.5, 0.6) is 11.5 Å². The van der Waals surface area contributed by atoms with Gasteiger partial charge in [0, 0.05) is 5.57 Å². The summed E-state index contributed by atoms with van der Waals surface area (Å²) < 4.78 is 21.8. The molecule has 1 aliphatic carbocycles. The van der Waals surface area contributed by atoms with Gasteiger partial charge in [-0.25, -0.2) is 0 Å². The Bertz CT molecular complexity index is 1020. The number of amides is 1. The van der Waals surface area contributed by atoms with Crippen LogP contribution in [0.2, 0.25) is 0 Å². The number of aliphatic hydroxyl groups is 5. The molecule has 1 saturated carbocycles. The van der Waals surface area contributed by atoms with E-state index in [-0.39, 0.29) is 23.9 Å². The van der Waals surface area contributed by atoms with E-state index in [4.69, 9.17) is 18.9 Å². The van der Waals surface area contributed by atoms with Crippen LogP contribution in [0.1, 0.15) is 33.3 Å². The van der Waals surface area contributed by atoms with Crippen molar-refractivity contribution in [2.75, 3.05) is 6.79 Å². The molecule has 2 heterocycles. The SMILES string of the molecule is C/C(=C\c1ccc(O[C@@H]2OC(C(C)(C)C)[C@@H](O)[C@@H]2O)c(O)c1)C(=O)N[C@@H]1[C@H](O)[C@@H](O)[C@H]2OCO[C@H]2[C@@H]1O. The Hall–Kier alpha value is -2.29. The quantitative estimate of drug-likeness (QED) is 0.233. The summed E-state index contributed by atoms with van der Waals surface area (Å²) in [6.07, 6.45) is -8.75. The van der Waals surface area contributed by atoms with Crippen molar-refractivity contribution in [2.24, 2.45) is 5.41 Å². The van der Waals surface area contributed by atoms with E-state index in [0.29, 0.717) is 5.56 Å². The van der Waals surface area contributed by atoms with Gasteiger partial charge in [0.05, 0.1) is 12.1 Å². The van der Waals surface area contributed by atoms with Gasteiger partial charge in [-0.1, -0.05) is 26.8 Å². The number of carbonyl (C=O) groups excluding carboxylic acids is 1. The lowest BCUT2D eigenvalue weighted by Gasteiger charge is -2.41. The highest BCUT2D eigenvalue weighted by Gasteiger charge is 2.53. The van der Waals surface area contributed by atoms with Crippen molar-refractivity contribution in [3.63, 3.8) is 0 Å². The average Bonchev–Trinajstić information content (AvgIpc) is 3.43. The summed E-state index contributed by atoms with van der Waals surface area (Å²) in [5.74, 6) is -0.880. The summed E-state index contributed by atoms with van der Waals surface area (Å²) in [5.41, 5.74) is 0.183. The molecule has 3 aliphatic rings. The van der Waals surface area contributed by atoms with Gasteiger partial charge in [-0.05, 0) is 36.1 Å². The second kappa shape index (κ2) is 10.5. The van der Waals surface area contributed by atoms with Gasteiger partial charge in [-0.2, -0.15) is 0 Å². The lowest BCUT2D eigenvalue weighted by molar-refractivity contribution is -0.155. The topological polar surface area (TPSA) is 187 Å². The monoisotopic (exact) mass is 525 g/mol. The molecule has 2 saturated heterocycles. The highest BCUT2D eigenvalue weighted by atomic mass is 16.7. The summed E-state index contributed by atoms with van der Waals surface area (Å²) in [5, 5.41) is 64.8. The molecule has 0 radical (unpaired) electrons.